The number of aromatic nitrogens is 2. The molecule has 1 saturated heterocycles. The van der Waals surface area contributed by atoms with E-state index in [2.05, 4.69) is 15.5 Å². The summed E-state index contributed by atoms with van der Waals surface area (Å²) >= 11 is 1.28. The average molecular weight is 252 g/mol. The number of carbonyl (C=O) groups is 2. The average Bonchev–Trinajstić information content (AvgIpc) is 2.87. The van der Waals surface area contributed by atoms with E-state index in [4.69, 9.17) is 0 Å². The van der Waals surface area contributed by atoms with Crippen LogP contribution >= 0.6 is 11.3 Å². The maximum absolute atomic E-state index is 11.9. The van der Waals surface area contributed by atoms with E-state index in [1.54, 1.807) is 5.51 Å². The first kappa shape index (κ1) is 10.6. The Labute approximate surface area is 102 Å². The van der Waals surface area contributed by atoms with Gasteiger partial charge in [0.25, 0.3) is 0 Å². The highest BCUT2D eigenvalue weighted by Gasteiger charge is 2.41. The van der Waals surface area contributed by atoms with Crippen LogP contribution in [0.5, 0.6) is 0 Å². The van der Waals surface area contributed by atoms with Gasteiger partial charge < -0.3 is 10.2 Å². The maximum atomic E-state index is 11.9. The molecule has 1 aliphatic heterocycles. The van der Waals surface area contributed by atoms with E-state index in [1.165, 1.54) is 11.3 Å². The van der Waals surface area contributed by atoms with Crippen molar-refractivity contribution in [1.29, 1.82) is 0 Å². The third-order valence-electron chi connectivity index (χ3n) is 3.11. The van der Waals surface area contributed by atoms with E-state index in [1.807, 2.05) is 4.90 Å². The molecule has 2 aliphatic rings. The molecule has 3 rings (SSSR count). The zero-order chi connectivity index (χ0) is 11.8. The molecule has 0 radical (unpaired) electrons. The molecule has 2 fully saturated rings. The minimum Gasteiger partial charge on any atom is -0.339 e. The number of hydrogen-bond acceptors (Lipinski definition) is 5. The molecule has 7 heteroatoms. The van der Waals surface area contributed by atoms with E-state index in [0.717, 1.165) is 12.8 Å². The van der Waals surface area contributed by atoms with Crippen LogP contribution in [-0.4, -0.2) is 39.5 Å². The Morgan fingerprint density at radius 1 is 1.53 bits per heavy atom. The molecule has 1 N–H and O–H groups in total. The van der Waals surface area contributed by atoms with Gasteiger partial charge in [-0.2, -0.15) is 0 Å². The highest BCUT2D eigenvalue weighted by Crippen LogP contribution is 2.32. The molecule has 1 saturated carbocycles. The van der Waals surface area contributed by atoms with E-state index in [9.17, 15) is 9.59 Å². The second-order valence-corrected chi connectivity index (χ2v) is 5.24. The van der Waals surface area contributed by atoms with E-state index in [-0.39, 0.29) is 17.7 Å². The number of likely N-dealkylation sites (tertiary alicyclic amines) is 1. The largest absolute Gasteiger partial charge is 0.339 e. The van der Waals surface area contributed by atoms with E-state index >= 15 is 0 Å². The Balaban J connectivity index is 1.61. The number of nitrogens with zero attached hydrogens (tertiary/aromatic N) is 3. The van der Waals surface area contributed by atoms with Crippen molar-refractivity contribution >= 4 is 28.3 Å². The summed E-state index contributed by atoms with van der Waals surface area (Å²) in [6.45, 7) is 0.550. The van der Waals surface area contributed by atoms with Gasteiger partial charge in [-0.3, -0.25) is 9.59 Å². The normalized spacial score (nSPS) is 24.1. The molecular formula is C10H12N4O2S. The number of carbonyl (C=O) groups excluding carboxylic acids is 2. The van der Waals surface area contributed by atoms with Gasteiger partial charge in [0, 0.05) is 19.0 Å². The standard InChI is InChI=1S/C10H12N4O2S/c15-8-3-6(4-14(8)7-1-2-7)9(16)12-10-13-11-5-17-10/h5-7H,1-4H2,(H,12,13,16)/t6-/m0/s1. The minimum atomic E-state index is -0.244. The molecule has 0 bridgehead atoms. The second kappa shape index (κ2) is 4.06. The molecule has 6 nitrogen and oxygen atoms in total. The summed E-state index contributed by atoms with van der Waals surface area (Å²) < 4.78 is 0. The Hall–Kier alpha value is -1.50. The van der Waals surface area contributed by atoms with Crippen LogP contribution in [-0.2, 0) is 9.59 Å². The fourth-order valence-corrected chi connectivity index (χ4v) is 2.53. The first-order chi connectivity index (χ1) is 8.24. The molecule has 0 unspecified atom stereocenters. The van der Waals surface area contributed by atoms with Crippen molar-refractivity contribution < 1.29 is 9.59 Å². The third-order valence-corrected chi connectivity index (χ3v) is 3.71. The number of anilines is 1. The lowest BCUT2D eigenvalue weighted by molar-refractivity contribution is -0.128. The summed E-state index contributed by atoms with van der Waals surface area (Å²) in [6.07, 6.45) is 2.48. The Morgan fingerprint density at radius 3 is 3.00 bits per heavy atom. The Bertz CT molecular complexity index is 443. The summed E-state index contributed by atoms with van der Waals surface area (Å²) in [7, 11) is 0. The van der Waals surface area contributed by atoms with Crippen LogP contribution in [0.1, 0.15) is 19.3 Å². The van der Waals surface area contributed by atoms with Gasteiger partial charge in [0.2, 0.25) is 16.9 Å². The maximum Gasteiger partial charge on any atom is 0.231 e. The van der Waals surface area contributed by atoms with Gasteiger partial charge in [-0.25, -0.2) is 0 Å². The molecular weight excluding hydrogens is 240 g/mol. The van der Waals surface area contributed by atoms with Crippen molar-refractivity contribution in [2.24, 2.45) is 5.92 Å². The zero-order valence-corrected chi connectivity index (χ0v) is 9.94. The highest BCUT2D eigenvalue weighted by molar-refractivity contribution is 7.13. The van der Waals surface area contributed by atoms with Gasteiger partial charge in [0.15, 0.2) is 0 Å². The quantitative estimate of drug-likeness (QED) is 0.849. The number of nitrogens with one attached hydrogen (secondary N) is 1. The van der Waals surface area contributed by atoms with Gasteiger partial charge in [0.05, 0.1) is 5.92 Å². The third kappa shape index (κ3) is 2.14. The minimum absolute atomic E-state index is 0.102. The lowest BCUT2D eigenvalue weighted by atomic mass is 10.1. The fraction of sp³-hybridized carbons (Fsp3) is 0.600. The molecule has 1 aromatic rings. The summed E-state index contributed by atoms with van der Waals surface area (Å²) in [6, 6.07) is 0.391. The van der Waals surface area contributed by atoms with Crippen molar-refractivity contribution in [3.63, 3.8) is 0 Å². The first-order valence-electron chi connectivity index (χ1n) is 5.60. The van der Waals surface area contributed by atoms with Gasteiger partial charge in [-0.1, -0.05) is 11.3 Å². The van der Waals surface area contributed by atoms with Crippen LogP contribution in [0.25, 0.3) is 0 Å². The summed E-state index contributed by atoms with van der Waals surface area (Å²) in [5, 5.41) is 10.6. The Morgan fingerprint density at radius 2 is 2.35 bits per heavy atom. The molecule has 2 heterocycles. The molecule has 2 amide bonds. The lowest BCUT2D eigenvalue weighted by Gasteiger charge is -2.14. The summed E-state index contributed by atoms with van der Waals surface area (Å²) in [5.41, 5.74) is 1.56. The predicted molar refractivity (Wildman–Crippen MR) is 61.4 cm³/mol. The number of rotatable bonds is 3. The molecule has 1 aromatic heterocycles. The summed E-state index contributed by atoms with van der Waals surface area (Å²) in [4.78, 5) is 25.4. The molecule has 1 atom stereocenters. The van der Waals surface area contributed by atoms with Crippen LogP contribution in [0, 0.1) is 5.92 Å². The van der Waals surface area contributed by atoms with Crippen LogP contribution in [0.2, 0.25) is 0 Å². The molecule has 0 spiro atoms. The fourth-order valence-electron chi connectivity index (χ4n) is 2.08. The van der Waals surface area contributed by atoms with Crippen molar-refractivity contribution in [3.8, 4) is 0 Å². The van der Waals surface area contributed by atoms with Crippen molar-refractivity contribution in [1.82, 2.24) is 15.1 Å². The highest BCUT2D eigenvalue weighted by atomic mass is 32.1. The van der Waals surface area contributed by atoms with Gasteiger partial charge in [-0.15, -0.1) is 10.2 Å². The number of hydrogen-bond donors (Lipinski definition) is 1. The smallest absolute Gasteiger partial charge is 0.231 e. The second-order valence-electron chi connectivity index (χ2n) is 4.41. The molecule has 0 aromatic carbocycles. The van der Waals surface area contributed by atoms with E-state index < -0.39 is 0 Å². The number of amides is 2. The van der Waals surface area contributed by atoms with Crippen LogP contribution < -0.4 is 5.32 Å². The molecule has 90 valence electrons. The van der Waals surface area contributed by atoms with Crippen LogP contribution in [0.3, 0.4) is 0 Å². The van der Waals surface area contributed by atoms with Gasteiger partial charge in [0.1, 0.15) is 5.51 Å². The van der Waals surface area contributed by atoms with Crippen LogP contribution in [0.15, 0.2) is 5.51 Å². The van der Waals surface area contributed by atoms with E-state index in [0.29, 0.717) is 24.1 Å². The summed E-state index contributed by atoms with van der Waals surface area (Å²) in [5.74, 6) is -0.268. The van der Waals surface area contributed by atoms with Gasteiger partial charge in [-0.05, 0) is 12.8 Å². The van der Waals surface area contributed by atoms with Crippen LogP contribution in [0.4, 0.5) is 5.13 Å². The SMILES string of the molecule is O=C(Nc1nncs1)[C@H]1CC(=O)N(C2CC2)C1. The van der Waals surface area contributed by atoms with Crippen molar-refractivity contribution in [2.75, 3.05) is 11.9 Å². The lowest BCUT2D eigenvalue weighted by Crippen LogP contribution is -2.29. The predicted octanol–water partition coefficient (Wildman–Crippen LogP) is 0.487. The van der Waals surface area contributed by atoms with Crippen molar-refractivity contribution in [2.45, 2.75) is 25.3 Å². The van der Waals surface area contributed by atoms with Gasteiger partial charge >= 0.3 is 0 Å². The Kier molecular flexibility index (Phi) is 2.54. The first-order valence-corrected chi connectivity index (χ1v) is 6.48. The topological polar surface area (TPSA) is 75.2 Å². The molecule has 1 aliphatic carbocycles. The zero-order valence-electron chi connectivity index (χ0n) is 9.13. The molecule has 17 heavy (non-hydrogen) atoms. The monoisotopic (exact) mass is 252 g/mol. The van der Waals surface area contributed by atoms with Crippen molar-refractivity contribution in [3.05, 3.63) is 5.51 Å².